The van der Waals surface area contributed by atoms with Gasteiger partial charge in [-0.1, -0.05) is 6.42 Å². The van der Waals surface area contributed by atoms with Crippen molar-refractivity contribution in [1.82, 2.24) is 0 Å². The summed E-state index contributed by atoms with van der Waals surface area (Å²) in [6, 6.07) is -1.51. The van der Waals surface area contributed by atoms with Crippen molar-refractivity contribution in [3.8, 4) is 0 Å². The van der Waals surface area contributed by atoms with Gasteiger partial charge in [-0.2, -0.15) is 4.99 Å². The summed E-state index contributed by atoms with van der Waals surface area (Å²) in [5.74, 6) is -1.49. The second kappa shape index (κ2) is 31.1. The molecule has 0 aromatic rings. The maximum Gasteiger partial charge on any atom is 0.329 e. The largest absolute Gasteiger partial charge is 0.480 e. The highest BCUT2D eigenvalue weighted by atomic mass is 16.5. The number of carboxylic acid groups (broad SMARTS) is 1. The van der Waals surface area contributed by atoms with Crippen molar-refractivity contribution < 1.29 is 38.6 Å². The molecule has 0 saturated carbocycles. The summed E-state index contributed by atoms with van der Waals surface area (Å²) in [6.07, 6.45) is 7.89. The molecule has 0 aliphatic heterocycles. The fourth-order valence-electron chi connectivity index (χ4n) is 1.66. The van der Waals surface area contributed by atoms with E-state index in [4.69, 9.17) is 37.0 Å². The second-order valence-electron chi connectivity index (χ2n) is 5.16. The molecule has 1 unspecified atom stereocenters. The Labute approximate surface area is 178 Å². The Hall–Kier alpha value is -3.62. The number of methoxy groups -OCH3 is 1. The van der Waals surface area contributed by atoms with Crippen molar-refractivity contribution >= 4 is 36.3 Å². The average Bonchev–Trinajstić information content (AvgIpc) is 2.73. The molecular weight excluding hydrogens is 416 g/mol. The number of aliphatic imine (C=N–C) groups is 2. The number of nitrogens with one attached hydrogen (secondary N) is 2. The first-order valence-electron chi connectivity index (χ1n) is 8.72. The lowest BCUT2D eigenvalue weighted by Crippen LogP contribution is -2.31. The highest BCUT2D eigenvalue weighted by molar-refractivity contribution is 5.75. The van der Waals surface area contributed by atoms with E-state index in [0.717, 1.165) is 25.0 Å². The molecule has 0 bridgehead atoms. The molecular formula is C17H28N6O8. The minimum atomic E-state index is -1.15. The number of nitrogens with two attached hydrogens (primary N) is 2. The molecule has 14 nitrogen and oxygen atoms in total. The Morgan fingerprint density at radius 3 is 1.90 bits per heavy atom. The van der Waals surface area contributed by atoms with Crippen molar-refractivity contribution in [2.45, 2.75) is 50.6 Å². The van der Waals surface area contributed by atoms with Crippen LogP contribution in [0.5, 0.6) is 0 Å². The summed E-state index contributed by atoms with van der Waals surface area (Å²) >= 11 is 0. The highest BCUT2D eigenvalue weighted by Crippen LogP contribution is 2.04. The van der Waals surface area contributed by atoms with Crippen molar-refractivity contribution in [1.29, 1.82) is 10.8 Å². The molecule has 0 aromatic carbocycles. The number of nitrogens with zero attached hydrogens (tertiary/aromatic N) is 2. The van der Waals surface area contributed by atoms with Crippen LogP contribution in [-0.4, -0.2) is 73.6 Å². The van der Waals surface area contributed by atoms with E-state index in [2.05, 4.69) is 14.7 Å². The summed E-state index contributed by atoms with van der Waals surface area (Å²) in [5, 5.41) is 19.4. The fraction of sp³-hybridized carbons (Fsp3) is 0.647. The van der Waals surface area contributed by atoms with E-state index in [1.54, 1.807) is 0 Å². The number of unbranched alkanes of at least 4 members (excludes halogenated alkanes) is 2. The van der Waals surface area contributed by atoms with Gasteiger partial charge >= 0.3 is 11.9 Å². The summed E-state index contributed by atoms with van der Waals surface area (Å²) in [7, 11) is 1.34. The van der Waals surface area contributed by atoms with E-state index >= 15 is 0 Å². The minimum absolute atomic E-state index is 0.249. The molecule has 7 N–H and O–H groups in total. The SMILES string of the molecule is COC(=O)[C@@H](N)CCCCN.N=C=O.N=C=O.O=C=NCCCCC(N=C=O)C(=O)O. The molecule has 0 saturated heterocycles. The molecule has 0 fully saturated rings. The van der Waals surface area contributed by atoms with Crippen LogP contribution in [0.25, 0.3) is 0 Å². The third kappa shape index (κ3) is 34.3. The third-order valence-electron chi connectivity index (χ3n) is 3.03. The lowest BCUT2D eigenvalue weighted by atomic mass is 10.1. The number of ether oxygens (including phenoxy) is 1. The van der Waals surface area contributed by atoms with Gasteiger partial charge in [0.15, 0.2) is 6.04 Å². The fourth-order valence-corrected chi connectivity index (χ4v) is 1.66. The van der Waals surface area contributed by atoms with Gasteiger partial charge in [-0.15, -0.1) is 0 Å². The Bertz CT molecular complexity index is 619. The van der Waals surface area contributed by atoms with Gasteiger partial charge in [0.05, 0.1) is 13.7 Å². The minimum Gasteiger partial charge on any atom is -0.480 e. The molecule has 14 heteroatoms. The van der Waals surface area contributed by atoms with Crippen LogP contribution in [0.4, 0.5) is 0 Å². The number of hydrogen-bond donors (Lipinski definition) is 5. The number of carbonyl (C=O) groups is 2. The molecule has 0 aliphatic rings. The Balaban J connectivity index is -0.000000190. The Morgan fingerprint density at radius 2 is 1.52 bits per heavy atom. The number of carbonyl (C=O) groups excluding carboxylic acids is 5. The molecule has 0 rings (SSSR count). The number of rotatable bonds is 12. The first-order valence-corrected chi connectivity index (χ1v) is 8.72. The van der Waals surface area contributed by atoms with Crippen molar-refractivity contribution in [2.24, 2.45) is 21.5 Å². The van der Waals surface area contributed by atoms with Crippen LogP contribution >= 0.6 is 0 Å². The zero-order valence-electron chi connectivity index (χ0n) is 17.2. The van der Waals surface area contributed by atoms with Crippen molar-refractivity contribution in [3.63, 3.8) is 0 Å². The monoisotopic (exact) mass is 444 g/mol. The summed E-state index contributed by atoms with van der Waals surface area (Å²) in [5.41, 5.74) is 10.7. The Kier molecular flexibility index (Phi) is 35.0. The summed E-state index contributed by atoms with van der Waals surface area (Å²) in [6.45, 7) is 0.967. The predicted molar refractivity (Wildman–Crippen MR) is 106 cm³/mol. The van der Waals surface area contributed by atoms with Gasteiger partial charge in [0.2, 0.25) is 24.3 Å². The standard InChI is InChI=1S/C8H10N2O4.C7H16N2O2.2CHNO/c11-5-9-4-2-1-3-7(8(13)14)10-6-12;1-11-7(10)6(9)4-2-3-5-8;2*2-1-3/h7H,1-4H2,(H,13,14);6H,2-5,8-9H2,1H3;2*2H/t;6-;;/m.0../s1. The topological polar surface area (TPSA) is 256 Å². The van der Waals surface area contributed by atoms with E-state index in [1.165, 1.54) is 19.3 Å². The normalized spacial score (nSPS) is 9.90. The van der Waals surface area contributed by atoms with Gasteiger partial charge in [-0.3, -0.25) is 4.79 Å². The van der Waals surface area contributed by atoms with Gasteiger partial charge in [0, 0.05) is 0 Å². The molecule has 0 heterocycles. The van der Waals surface area contributed by atoms with Crippen LogP contribution in [-0.2, 0) is 33.5 Å². The summed E-state index contributed by atoms with van der Waals surface area (Å²) in [4.78, 5) is 63.8. The van der Waals surface area contributed by atoms with Crippen LogP contribution in [0.15, 0.2) is 9.98 Å². The lowest BCUT2D eigenvalue weighted by molar-refractivity contribution is -0.142. The maximum atomic E-state index is 10.7. The quantitative estimate of drug-likeness (QED) is 0.113. The van der Waals surface area contributed by atoms with Crippen molar-refractivity contribution in [2.75, 3.05) is 20.2 Å². The van der Waals surface area contributed by atoms with Gasteiger partial charge in [-0.05, 0) is 38.6 Å². The third-order valence-corrected chi connectivity index (χ3v) is 3.03. The highest BCUT2D eigenvalue weighted by Gasteiger charge is 2.14. The first kappa shape index (κ1) is 34.9. The molecule has 0 radical (unpaired) electrons. The van der Waals surface area contributed by atoms with Gasteiger partial charge in [0.25, 0.3) is 0 Å². The van der Waals surface area contributed by atoms with E-state index in [9.17, 15) is 19.2 Å². The summed E-state index contributed by atoms with van der Waals surface area (Å²) < 4.78 is 4.45. The number of carboxylic acids is 1. The van der Waals surface area contributed by atoms with Crippen LogP contribution in [0, 0.1) is 10.8 Å². The zero-order chi connectivity index (χ0) is 24.9. The van der Waals surface area contributed by atoms with Crippen molar-refractivity contribution in [3.05, 3.63) is 0 Å². The lowest BCUT2D eigenvalue weighted by Gasteiger charge is -2.07. The van der Waals surface area contributed by atoms with E-state index in [-0.39, 0.29) is 12.4 Å². The van der Waals surface area contributed by atoms with Crippen LogP contribution in [0.3, 0.4) is 0 Å². The molecule has 0 amide bonds. The molecule has 0 aromatic heterocycles. The second-order valence-corrected chi connectivity index (χ2v) is 5.16. The van der Waals surface area contributed by atoms with E-state index in [0.29, 0.717) is 32.4 Å². The van der Waals surface area contributed by atoms with Gasteiger partial charge < -0.3 is 21.3 Å². The molecule has 174 valence electrons. The number of aliphatic carboxylic acids is 1. The zero-order valence-corrected chi connectivity index (χ0v) is 17.2. The van der Waals surface area contributed by atoms with Gasteiger partial charge in [-0.25, -0.2) is 39.8 Å². The van der Waals surface area contributed by atoms with E-state index < -0.39 is 18.1 Å². The van der Waals surface area contributed by atoms with E-state index in [1.807, 2.05) is 0 Å². The van der Waals surface area contributed by atoms with Gasteiger partial charge in [0.1, 0.15) is 6.04 Å². The predicted octanol–water partition coefficient (Wildman–Crippen LogP) is -0.301. The molecule has 0 spiro atoms. The average molecular weight is 444 g/mol. The first-order chi connectivity index (χ1) is 14.8. The van der Waals surface area contributed by atoms with Crippen LogP contribution in [0.2, 0.25) is 0 Å². The molecule has 31 heavy (non-hydrogen) atoms. The maximum absolute atomic E-state index is 10.7. The number of esters is 1. The number of isocyanates is 4. The Morgan fingerprint density at radius 1 is 1.00 bits per heavy atom. The molecule has 2 atom stereocenters. The molecule has 0 aliphatic carbocycles. The van der Waals surface area contributed by atoms with Crippen LogP contribution in [0.1, 0.15) is 38.5 Å². The number of hydrogen-bond acceptors (Lipinski definition) is 13. The van der Waals surface area contributed by atoms with Crippen LogP contribution < -0.4 is 11.5 Å². The smallest absolute Gasteiger partial charge is 0.329 e.